The van der Waals surface area contributed by atoms with Gasteiger partial charge < -0.3 is 14.8 Å². The third kappa shape index (κ3) is 3.48. The van der Waals surface area contributed by atoms with Gasteiger partial charge in [-0.25, -0.2) is 0 Å². The predicted molar refractivity (Wildman–Crippen MR) is 103 cm³/mol. The number of amides is 1. The van der Waals surface area contributed by atoms with Crippen molar-refractivity contribution in [2.45, 2.75) is 20.4 Å². The number of anilines is 1. The number of nitrogens with zero attached hydrogens (tertiary/aromatic N) is 2. The highest BCUT2D eigenvalue weighted by molar-refractivity contribution is 6.30. The molecule has 7 heteroatoms. The van der Waals surface area contributed by atoms with Gasteiger partial charge in [0.1, 0.15) is 0 Å². The molecule has 6 nitrogen and oxygen atoms in total. The van der Waals surface area contributed by atoms with Gasteiger partial charge in [-0.15, -0.1) is 0 Å². The smallest absolute Gasteiger partial charge is 0.255 e. The maximum Gasteiger partial charge on any atom is 0.255 e. The van der Waals surface area contributed by atoms with E-state index in [1.165, 1.54) is 0 Å². The zero-order chi connectivity index (χ0) is 19.0. The van der Waals surface area contributed by atoms with Gasteiger partial charge in [0.15, 0.2) is 11.5 Å². The van der Waals surface area contributed by atoms with Crippen molar-refractivity contribution in [1.82, 2.24) is 9.78 Å². The number of fused-ring (bicyclic) bond motifs is 1. The molecule has 0 radical (unpaired) electrons. The average molecular weight is 384 g/mol. The molecule has 0 saturated carbocycles. The maximum absolute atomic E-state index is 12.7. The van der Waals surface area contributed by atoms with E-state index in [1.807, 2.05) is 42.8 Å². The van der Waals surface area contributed by atoms with E-state index in [9.17, 15) is 4.79 Å². The molecule has 1 aliphatic heterocycles. The molecular formula is C20H18ClN3O3. The largest absolute Gasteiger partial charge is 0.454 e. The van der Waals surface area contributed by atoms with Crippen molar-refractivity contribution in [2.75, 3.05) is 12.1 Å². The Balaban J connectivity index is 1.54. The highest BCUT2D eigenvalue weighted by Crippen LogP contribution is 2.33. The zero-order valence-corrected chi connectivity index (χ0v) is 15.7. The predicted octanol–water partition coefficient (Wildman–Crippen LogP) is 4.18. The Kier molecular flexibility index (Phi) is 4.49. The van der Waals surface area contributed by atoms with Gasteiger partial charge in [-0.2, -0.15) is 5.10 Å². The number of hydrogen-bond donors (Lipinski definition) is 1. The molecule has 27 heavy (non-hydrogen) atoms. The molecule has 4 rings (SSSR count). The van der Waals surface area contributed by atoms with Crippen LogP contribution in [-0.4, -0.2) is 22.5 Å². The van der Waals surface area contributed by atoms with E-state index in [2.05, 4.69) is 10.4 Å². The molecule has 0 fully saturated rings. The summed E-state index contributed by atoms with van der Waals surface area (Å²) in [5.74, 6) is 1.01. The topological polar surface area (TPSA) is 65.4 Å². The molecule has 2 aromatic carbocycles. The zero-order valence-electron chi connectivity index (χ0n) is 15.0. The van der Waals surface area contributed by atoms with Crippen molar-refractivity contribution in [3.05, 3.63) is 70.0 Å². The first kappa shape index (κ1) is 17.4. The molecule has 0 spiro atoms. The van der Waals surface area contributed by atoms with Gasteiger partial charge in [0.25, 0.3) is 5.91 Å². The number of carbonyl (C=O) groups is 1. The van der Waals surface area contributed by atoms with Crippen LogP contribution in [0.25, 0.3) is 0 Å². The summed E-state index contributed by atoms with van der Waals surface area (Å²) in [5, 5.41) is 8.22. The molecule has 0 aliphatic carbocycles. The van der Waals surface area contributed by atoms with Crippen LogP contribution < -0.4 is 14.8 Å². The molecule has 3 aromatic rings. The summed E-state index contributed by atoms with van der Waals surface area (Å²) >= 11 is 5.94. The Labute approximate surface area is 161 Å². The summed E-state index contributed by atoms with van der Waals surface area (Å²) in [7, 11) is 0. The molecular weight excluding hydrogens is 366 g/mol. The average Bonchev–Trinajstić information content (AvgIpc) is 3.23. The number of rotatable bonds is 4. The highest BCUT2D eigenvalue weighted by Gasteiger charge is 2.19. The number of benzene rings is 2. The van der Waals surface area contributed by atoms with E-state index in [0.717, 1.165) is 17.0 Å². The summed E-state index contributed by atoms with van der Waals surface area (Å²) < 4.78 is 12.5. The van der Waals surface area contributed by atoms with Crippen LogP contribution in [0, 0.1) is 13.8 Å². The van der Waals surface area contributed by atoms with Gasteiger partial charge in [0.05, 0.1) is 23.6 Å². The van der Waals surface area contributed by atoms with E-state index in [-0.39, 0.29) is 12.7 Å². The molecule has 1 aliphatic rings. The van der Waals surface area contributed by atoms with Crippen molar-refractivity contribution in [3.8, 4) is 11.5 Å². The fourth-order valence-corrected chi connectivity index (χ4v) is 3.14. The van der Waals surface area contributed by atoms with Crippen LogP contribution in [0.1, 0.15) is 27.3 Å². The normalized spacial score (nSPS) is 12.3. The van der Waals surface area contributed by atoms with E-state index < -0.39 is 0 Å². The monoisotopic (exact) mass is 383 g/mol. The number of hydrogen-bond acceptors (Lipinski definition) is 4. The van der Waals surface area contributed by atoms with Gasteiger partial charge >= 0.3 is 0 Å². The molecule has 2 heterocycles. The third-order valence-electron chi connectivity index (χ3n) is 4.50. The Bertz CT molecular complexity index is 1010. The lowest BCUT2D eigenvalue weighted by Crippen LogP contribution is -2.13. The molecule has 1 N–H and O–H groups in total. The number of nitrogens with one attached hydrogen (secondary N) is 1. The van der Waals surface area contributed by atoms with Crippen LogP contribution in [0.15, 0.2) is 42.5 Å². The van der Waals surface area contributed by atoms with Crippen molar-refractivity contribution in [2.24, 2.45) is 0 Å². The van der Waals surface area contributed by atoms with Crippen LogP contribution in [0.4, 0.5) is 5.69 Å². The fraction of sp³-hybridized carbons (Fsp3) is 0.200. The number of ether oxygens (including phenoxy) is 2. The first-order valence-electron chi connectivity index (χ1n) is 8.51. The van der Waals surface area contributed by atoms with Crippen molar-refractivity contribution < 1.29 is 14.3 Å². The van der Waals surface area contributed by atoms with Crippen molar-refractivity contribution in [1.29, 1.82) is 0 Å². The van der Waals surface area contributed by atoms with Crippen LogP contribution in [0.3, 0.4) is 0 Å². The minimum Gasteiger partial charge on any atom is -0.454 e. The van der Waals surface area contributed by atoms with E-state index in [4.69, 9.17) is 21.1 Å². The Morgan fingerprint density at radius 3 is 2.67 bits per heavy atom. The quantitative estimate of drug-likeness (QED) is 0.733. The summed E-state index contributed by atoms with van der Waals surface area (Å²) in [4.78, 5) is 12.7. The number of aromatic nitrogens is 2. The summed E-state index contributed by atoms with van der Waals surface area (Å²) in [6.45, 7) is 4.59. The molecule has 0 saturated heterocycles. The molecule has 138 valence electrons. The molecule has 0 unspecified atom stereocenters. The Hall–Kier alpha value is -2.99. The molecule has 1 aromatic heterocycles. The minimum absolute atomic E-state index is 0.177. The SMILES string of the molecule is Cc1nn(Cc2ccc(Cl)cc2)c(C)c1NC(=O)c1ccc2c(c1)OCO2. The molecule has 1 amide bonds. The lowest BCUT2D eigenvalue weighted by molar-refractivity contribution is 0.102. The second-order valence-electron chi connectivity index (χ2n) is 6.35. The number of halogens is 1. The van der Waals surface area contributed by atoms with E-state index in [1.54, 1.807) is 18.2 Å². The number of carbonyl (C=O) groups excluding carboxylic acids is 1. The summed E-state index contributed by atoms with van der Waals surface area (Å²) in [6, 6.07) is 12.8. The first-order chi connectivity index (χ1) is 13.0. The minimum atomic E-state index is -0.217. The first-order valence-corrected chi connectivity index (χ1v) is 8.88. The maximum atomic E-state index is 12.7. The van der Waals surface area contributed by atoms with Crippen LogP contribution in [0.2, 0.25) is 5.02 Å². The Morgan fingerprint density at radius 2 is 1.89 bits per heavy atom. The Morgan fingerprint density at radius 1 is 1.15 bits per heavy atom. The van der Waals surface area contributed by atoms with Crippen LogP contribution in [0.5, 0.6) is 11.5 Å². The van der Waals surface area contributed by atoms with Gasteiger partial charge in [-0.3, -0.25) is 9.48 Å². The van der Waals surface area contributed by atoms with Crippen LogP contribution in [-0.2, 0) is 6.54 Å². The molecule has 0 bridgehead atoms. The second kappa shape index (κ2) is 6.96. The summed E-state index contributed by atoms with van der Waals surface area (Å²) in [6.07, 6.45) is 0. The van der Waals surface area contributed by atoms with E-state index >= 15 is 0 Å². The van der Waals surface area contributed by atoms with Crippen molar-refractivity contribution in [3.63, 3.8) is 0 Å². The van der Waals surface area contributed by atoms with E-state index in [0.29, 0.717) is 34.3 Å². The van der Waals surface area contributed by atoms with Gasteiger partial charge in [-0.1, -0.05) is 23.7 Å². The van der Waals surface area contributed by atoms with Crippen LogP contribution >= 0.6 is 11.6 Å². The lowest BCUT2D eigenvalue weighted by atomic mass is 10.2. The molecule has 0 atom stereocenters. The van der Waals surface area contributed by atoms with Gasteiger partial charge in [0, 0.05) is 10.6 Å². The number of aryl methyl sites for hydroxylation is 1. The third-order valence-corrected chi connectivity index (χ3v) is 4.75. The standard InChI is InChI=1S/C20H18ClN3O3/c1-12-19(13(2)24(23-12)10-14-3-6-16(21)7-4-14)22-20(25)15-5-8-17-18(9-15)27-11-26-17/h3-9H,10-11H2,1-2H3,(H,22,25). The highest BCUT2D eigenvalue weighted by atomic mass is 35.5. The second-order valence-corrected chi connectivity index (χ2v) is 6.79. The van der Waals surface area contributed by atoms with Crippen molar-refractivity contribution >= 4 is 23.2 Å². The fourth-order valence-electron chi connectivity index (χ4n) is 3.02. The summed E-state index contributed by atoms with van der Waals surface area (Å²) in [5.41, 5.74) is 3.95. The van der Waals surface area contributed by atoms with Gasteiger partial charge in [0.2, 0.25) is 6.79 Å². The lowest BCUT2D eigenvalue weighted by Gasteiger charge is -2.08. The van der Waals surface area contributed by atoms with Gasteiger partial charge in [-0.05, 0) is 49.7 Å².